The number of Topliss-reactive ketones (excluding diaryl/α,β-unsaturated/α-hetero) is 1. The first-order valence-electron chi connectivity index (χ1n) is 4.42. The van der Waals surface area contributed by atoms with Crippen molar-refractivity contribution in [1.82, 2.24) is 0 Å². The number of carbonyl (C=O) groups excluding carboxylic acids is 1. The predicted octanol–water partition coefficient (Wildman–Crippen LogP) is 1.47. The van der Waals surface area contributed by atoms with Crippen LogP contribution in [0.25, 0.3) is 0 Å². The summed E-state index contributed by atoms with van der Waals surface area (Å²) in [5.74, 6) is -1.67. The number of carboxylic acid groups (broad SMARTS) is 1. The molecule has 0 aromatic rings. The van der Waals surface area contributed by atoms with Crippen molar-refractivity contribution in [3.63, 3.8) is 0 Å². The summed E-state index contributed by atoms with van der Waals surface area (Å²) in [5.41, 5.74) is 0. The van der Waals surface area contributed by atoms with Crippen molar-refractivity contribution in [2.75, 3.05) is 0 Å². The van der Waals surface area contributed by atoms with Gasteiger partial charge < -0.3 is 5.11 Å². The second kappa shape index (κ2) is 3.70. The van der Waals surface area contributed by atoms with Gasteiger partial charge in [-0.1, -0.05) is 13.3 Å². The Morgan fingerprint density at radius 3 is 2.75 bits per heavy atom. The Bertz CT molecular complexity index is 198. The minimum atomic E-state index is -0.938. The topological polar surface area (TPSA) is 54.4 Å². The molecule has 12 heavy (non-hydrogen) atoms. The average Bonchev–Trinajstić information content (AvgIpc) is 2.03. The molecule has 0 radical (unpaired) electrons. The van der Waals surface area contributed by atoms with E-state index in [0.717, 1.165) is 19.3 Å². The maximum Gasteiger partial charge on any atom is 0.314 e. The van der Waals surface area contributed by atoms with E-state index in [0.29, 0.717) is 6.42 Å². The Balaban J connectivity index is 2.72. The number of carboxylic acids is 1. The van der Waals surface area contributed by atoms with Gasteiger partial charge in [0.2, 0.25) is 0 Å². The molecule has 0 aromatic heterocycles. The molecule has 2 atom stereocenters. The molecule has 0 spiro atoms. The SMILES string of the molecule is CCC1CCCC(=O)C1C(=O)O. The molecule has 3 nitrogen and oxygen atoms in total. The van der Waals surface area contributed by atoms with Crippen molar-refractivity contribution in [3.8, 4) is 0 Å². The van der Waals surface area contributed by atoms with Crippen LogP contribution >= 0.6 is 0 Å². The maximum atomic E-state index is 11.2. The highest BCUT2D eigenvalue weighted by Crippen LogP contribution is 2.29. The summed E-state index contributed by atoms with van der Waals surface area (Å²) in [5, 5.41) is 8.79. The summed E-state index contributed by atoms with van der Waals surface area (Å²) in [6.07, 6.45) is 3.00. The van der Waals surface area contributed by atoms with Crippen molar-refractivity contribution >= 4 is 11.8 Å². The average molecular weight is 170 g/mol. The van der Waals surface area contributed by atoms with Crippen LogP contribution in [0.5, 0.6) is 0 Å². The van der Waals surface area contributed by atoms with Crippen LogP contribution < -0.4 is 0 Å². The normalized spacial score (nSPS) is 30.2. The zero-order valence-electron chi connectivity index (χ0n) is 7.25. The van der Waals surface area contributed by atoms with Gasteiger partial charge in [0.25, 0.3) is 0 Å². The zero-order chi connectivity index (χ0) is 9.14. The zero-order valence-corrected chi connectivity index (χ0v) is 7.25. The molecule has 0 amide bonds. The van der Waals surface area contributed by atoms with Gasteiger partial charge in [0.05, 0.1) is 0 Å². The molecule has 0 aromatic carbocycles. The number of aliphatic carboxylic acids is 1. The fraction of sp³-hybridized carbons (Fsp3) is 0.778. The van der Waals surface area contributed by atoms with Crippen LogP contribution in [0.2, 0.25) is 0 Å². The van der Waals surface area contributed by atoms with Gasteiger partial charge in [-0.05, 0) is 18.8 Å². The summed E-state index contributed by atoms with van der Waals surface area (Å²) in [6.45, 7) is 1.94. The summed E-state index contributed by atoms with van der Waals surface area (Å²) in [4.78, 5) is 21.9. The summed E-state index contributed by atoms with van der Waals surface area (Å²) in [6, 6.07) is 0. The molecule has 1 saturated carbocycles. The largest absolute Gasteiger partial charge is 0.481 e. The Hall–Kier alpha value is -0.860. The fourth-order valence-corrected chi connectivity index (χ4v) is 1.90. The summed E-state index contributed by atoms with van der Waals surface area (Å²) >= 11 is 0. The van der Waals surface area contributed by atoms with E-state index in [1.54, 1.807) is 0 Å². The molecule has 0 bridgehead atoms. The first kappa shape index (κ1) is 9.23. The number of hydrogen-bond acceptors (Lipinski definition) is 2. The molecule has 0 saturated heterocycles. The van der Waals surface area contributed by atoms with Gasteiger partial charge in [0.15, 0.2) is 0 Å². The maximum absolute atomic E-state index is 11.2. The van der Waals surface area contributed by atoms with E-state index in [2.05, 4.69) is 0 Å². The molecule has 3 heteroatoms. The molecule has 0 aliphatic heterocycles. The monoisotopic (exact) mass is 170 g/mol. The lowest BCUT2D eigenvalue weighted by Gasteiger charge is -2.25. The van der Waals surface area contributed by atoms with Crippen LogP contribution in [0.3, 0.4) is 0 Å². The molecular weight excluding hydrogens is 156 g/mol. The van der Waals surface area contributed by atoms with Crippen molar-refractivity contribution in [3.05, 3.63) is 0 Å². The van der Waals surface area contributed by atoms with Crippen molar-refractivity contribution < 1.29 is 14.7 Å². The lowest BCUT2D eigenvalue weighted by molar-refractivity contribution is -0.150. The second-order valence-electron chi connectivity index (χ2n) is 3.34. The third kappa shape index (κ3) is 1.65. The van der Waals surface area contributed by atoms with E-state index in [-0.39, 0.29) is 11.7 Å². The molecule has 2 unspecified atom stereocenters. The summed E-state index contributed by atoms with van der Waals surface area (Å²) in [7, 11) is 0. The minimum absolute atomic E-state index is 0.0729. The van der Waals surface area contributed by atoms with E-state index in [4.69, 9.17) is 5.11 Å². The lowest BCUT2D eigenvalue weighted by atomic mass is 9.77. The smallest absolute Gasteiger partial charge is 0.314 e. The Kier molecular flexibility index (Phi) is 2.84. The van der Waals surface area contributed by atoms with Crippen molar-refractivity contribution in [1.29, 1.82) is 0 Å². The number of carbonyl (C=O) groups is 2. The Morgan fingerprint density at radius 1 is 1.67 bits per heavy atom. The molecule has 1 fully saturated rings. The molecule has 0 heterocycles. The molecule has 68 valence electrons. The molecule has 1 N–H and O–H groups in total. The van der Waals surface area contributed by atoms with Gasteiger partial charge in [-0.3, -0.25) is 9.59 Å². The third-order valence-corrected chi connectivity index (χ3v) is 2.61. The van der Waals surface area contributed by atoms with Crippen LogP contribution in [0.4, 0.5) is 0 Å². The van der Waals surface area contributed by atoms with Crippen LogP contribution in [-0.2, 0) is 9.59 Å². The third-order valence-electron chi connectivity index (χ3n) is 2.61. The number of rotatable bonds is 2. The quantitative estimate of drug-likeness (QED) is 0.638. The fourth-order valence-electron chi connectivity index (χ4n) is 1.90. The van der Waals surface area contributed by atoms with Crippen LogP contribution in [0.15, 0.2) is 0 Å². The number of hydrogen-bond donors (Lipinski definition) is 1. The second-order valence-corrected chi connectivity index (χ2v) is 3.34. The van der Waals surface area contributed by atoms with Crippen molar-refractivity contribution in [2.24, 2.45) is 11.8 Å². The van der Waals surface area contributed by atoms with E-state index >= 15 is 0 Å². The first-order chi connectivity index (χ1) is 5.66. The number of ketones is 1. The Labute approximate surface area is 71.8 Å². The van der Waals surface area contributed by atoms with Gasteiger partial charge >= 0.3 is 5.97 Å². The van der Waals surface area contributed by atoms with Crippen LogP contribution in [0.1, 0.15) is 32.6 Å². The van der Waals surface area contributed by atoms with E-state index < -0.39 is 11.9 Å². The van der Waals surface area contributed by atoms with Crippen LogP contribution in [0, 0.1) is 11.8 Å². The highest BCUT2D eigenvalue weighted by Gasteiger charge is 2.35. The van der Waals surface area contributed by atoms with Crippen LogP contribution in [-0.4, -0.2) is 16.9 Å². The standard InChI is InChI=1S/C9H14O3/c1-2-6-4-3-5-7(10)8(6)9(11)12/h6,8H,2-5H2,1H3,(H,11,12). The highest BCUT2D eigenvalue weighted by molar-refractivity contribution is 5.99. The van der Waals surface area contributed by atoms with E-state index in [1.807, 2.05) is 6.92 Å². The van der Waals surface area contributed by atoms with E-state index in [1.165, 1.54) is 0 Å². The molecule has 1 aliphatic carbocycles. The molecular formula is C9H14O3. The Morgan fingerprint density at radius 2 is 2.33 bits per heavy atom. The lowest BCUT2D eigenvalue weighted by Crippen LogP contribution is -2.34. The van der Waals surface area contributed by atoms with E-state index in [9.17, 15) is 9.59 Å². The summed E-state index contributed by atoms with van der Waals surface area (Å²) < 4.78 is 0. The van der Waals surface area contributed by atoms with Gasteiger partial charge in [0, 0.05) is 6.42 Å². The van der Waals surface area contributed by atoms with Gasteiger partial charge in [-0.25, -0.2) is 0 Å². The highest BCUT2D eigenvalue weighted by atomic mass is 16.4. The first-order valence-corrected chi connectivity index (χ1v) is 4.42. The van der Waals surface area contributed by atoms with Gasteiger partial charge in [-0.2, -0.15) is 0 Å². The molecule has 1 rings (SSSR count). The minimum Gasteiger partial charge on any atom is -0.481 e. The molecule has 1 aliphatic rings. The van der Waals surface area contributed by atoms with Crippen molar-refractivity contribution in [2.45, 2.75) is 32.6 Å². The van der Waals surface area contributed by atoms with Gasteiger partial charge in [-0.15, -0.1) is 0 Å². The predicted molar refractivity (Wildman–Crippen MR) is 43.8 cm³/mol. The van der Waals surface area contributed by atoms with Gasteiger partial charge in [0.1, 0.15) is 11.7 Å².